The number of nitrogens with one attached hydrogen (secondary N) is 2. The second-order valence-corrected chi connectivity index (χ2v) is 10.7. The smallest absolute Gasteiger partial charge is 0.275 e. The van der Waals surface area contributed by atoms with E-state index in [1.54, 1.807) is 27.8 Å². The molecule has 41 heavy (non-hydrogen) atoms. The highest BCUT2D eigenvalue weighted by molar-refractivity contribution is 6.02. The van der Waals surface area contributed by atoms with Crippen LogP contribution in [0.4, 0.5) is 11.6 Å². The molecular weight excluding hydrogens is 522 g/mol. The monoisotopic (exact) mass is 557 g/mol. The summed E-state index contributed by atoms with van der Waals surface area (Å²) < 4.78 is 5.34. The molecule has 1 saturated carbocycles. The van der Waals surface area contributed by atoms with Crippen LogP contribution in [0.15, 0.2) is 35.5 Å². The molecule has 0 bridgehead atoms. The largest absolute Gasteiger partial charge is 0.370 e. The minimum atomic E-state index is -0.471. The van der Waals surface area contributed by atoms with E-state index < -0.39 is 5.91 Å². The number of hydrogen-bond donors (Lipinski definition) is 2. The lowest BCUT2D eigenvalue weighted by atomic mass is 10.1. The lowest BCUT2D eigenvalue weighted by Gasteiger charge is -2.18. The van der Waals surface area contributed by atoms with Gasteiger partial charge in [-0.25, -0.2) is 9.97 Å². The molecule has 13 nitrogen and oxygen atoms in total. The lowest BCUT2D eigenvalue weighted by molar-refractivity contribution is 0.102. The Bertz CT molecular complexity index is 1630. The van der Waals surface area contributed by atoms with Crippen molar-refractivity contribution in [3.05, 3.63) is 52.6 Å². The Morgan fingerprint density at radius 2 is 1.83 bits per heavy atom. The number of carbonyl (C=O) groups excluding carboxylic acids is 1. The topological polar surface area (TPSA) is 141 Å². The van der Waals surface area contributed by atoms with Crippen LogP contribution < -0.4 is 16.2 Å². The number of rotatable bonds is 10. The van der Waals surface area contributed by atoms with Gasteiger partial charge in [-0.05, 0) is 57.8 Å². The van der Waals surface area contributed by atoms with Gasteiger partial charge in [0.1, 0.15) is 29.5 Å². The zero-order valence-electron chi connectivity index (χ0n) is 23.7. The molecule has 214 valence electrons. The van der Waals surface area contributed by atoms with Gasteiger partial charge in [-0.15, -0.1) is 10.2 Å². The van der Waals surface area contributed by atoms with Crippen LogP contribution in [0.3, 0.4) is 0 Å². The summed E-state index contributed by atoms with van der Waals surface area (Å²) in [5.74, 6) is 2.06. The van der Waals surface area contributed by atoms with Crippen LogP contribution in [0, 0.1) is 0 Å². The van der Waals surface area contributed by atoms with E-state index in [4.69, 9.17) is 4.98 Å². The van der Waals surface area contributed by atoms with Crippen LogP contribution in [-0.2, 0) is 20.6 Å². The van der Waals surface area contributed by atoms with E-state index in [1.165, 1.54) is 18.9 Å². The lowest BCUT2D eigenvalue weighted by Crippen LogP contribution is -2.33. The number of amides is 1. The molecule has 2 fully saturated rings. The van der Waals surface area contributed by atoms with Gasteiger partial charge in [0.25, 0.3) is 11.5 Å². The summed E-state index contributed by atoms with van der Waals surface area (Å²) in [6.45, 7) is 6.18. The third-order valence-corrected chi connectivity index (χ3v) is 7.64. The molecule has 0 atom stereocenters. The number of aryl methyl sites for hydroxylation is 2. The van der Waals surface area contributed by atoms with Crippen molar-refractivity contribution in [3.8, 4) is 22.6 Å². The fraction of sp³-hybridized carbons (Fsp3) is 0.464. The summed E-state index contributed by atoms with van der Waals surface area (Å²) in [6, 6.07) is 5.03. The second kappa shape index (κ2) is 11.2. The fourth-order valence-electron chi connectivity index (χ4n) is 5.42. The Balaban J connectivity index is 1.30. The zero-order valence-corrected chi connectivity index (χ0v) is 23.7. The Kier molecular flexibility index (Phi) is 7.35. The summed E-state index contributed by atoms with van der Waals surface area (Å²) >= 11 is 0. The van der Waals surface area contributed by atoms with Gasteiger partial charge in [0.15, 0.2) is 5.82 Å². The van der Waals surface area contributed by atoms with Crippen molar-refractivity contribution in [2.45, 2.75) is 45.1 Å². The van der Waals surface area contributed by atoms with Gasteiger partial charge >= 0.3 is 0 Å². The minimum absolute atomic E-state index is 0.104. The van der Waals surface area contributed by atoms with Crippen molar-refractivity contribution < 1.29 is 4.79 Å². The van der Waals surface area contributed by atoms with Gasteiger partial charge in [0.2, 0.25) is 0 Å². The van der Waals surface area contributed by atoms with E-state index >= 15 is 0 Å². The third kappa shape index (κ3) is 5.62. The first-order valence-electron chi connectivity index (χ1n) is 14.2. The van der Waals surface area contributed by atoms with Crippen LogP contribution in [0.5, 0.6) is 0 Å². The molecule has 0 unspecified atom stereocenters. The number of nitrogens with zero attached hydrogens (tertiary/aromatic N) is 9. The summed E-state index contributed by atoms with van der Waals surface area (Å²) in [5, 5.41) is 18.8. The first-order valence-corrected chi connectivity index (χ1v) is 14.2. The summed E-state index contributed by atoms with van der Waals surface area (Å²) in [6.07, 6.45) is 7.75. The Morgan fingerprint density at radius 1 is 1.05 bits per heavy atom. The van der Waals surface area contributed by atoms with E-state index in [0.29, 0.717) is 36.4 Å². The molecule has 13 heteroatoms. The van der Waals surface area contributed by atoms with Gasteiger partial charge in [-0.3, -0.25) is 18.8 Å². The number of carbonyl (C=O) groups is 1. The number of pyridine rings is 1. The first-order chi connectivity index (χ1) is 19.9. The number of aromatic nitrogens is 8. The van der Waals surface area contributed by atoms with Gasteiger partial charge in [-0.1, -0.05) is 0 Å². The van der Waals surface area contributed by atoms with Crippen molar-refractivity contribution in [1.29, 1.82) is 0 Å². The molecule has 1 aliphatic heterocycles. The molecule has 4 aromatic heterocycles. The van der Waals surface area contributed by atoms with E-state index in [1.807, 2.05) is 31.7 Å². The number of likely N-dealkylation sites (tertiary alicyclic amines) is 1. The van der Waals surface area contributed by atoms with Crippen molar-refractivity contribution in [1.82, 2.24) is 44.0 Å². The van der Waals surface area contributed by atoms with Crippen LogP contribution in [-0.4, -0.2) is 76.1 Å². The fourth-order valence-corrected chi connectivity index (χ4v) is 5.42. The average molecular weight is 558 g/mol. The maximum absolute atomic E-state index is 13.4. The molecule has 1 aliphatic carbocycles. The second-order valence-electron chi connectivity index (χ2n) is 10.7. The van der Waals surface area contributed by atoms with Gasteiger partial charge < -0.3 is 20.1 Å². The molecule has 1 amide bonds. The highest BCUT2D eigenvalue weighted by atomic mass is 16.2. The normalized spacial score (nSPS) is 15.4. The van der Waals surface area contributed by atoms with Crippen LogP contribution in [0.2, 0.25) is 0 Å². The quantitative estimate of drug-likeness (QED) is 0.301. The van der Waals surface area contributed by atoms with Crippen LogP contribution >= 0.6 is 0 Å². The molecule has 4 aromatic rings. The molecule has 0 aromatic carbocycles. The maximum atomic E-state index is 13.4. The van der Waals surface area contributed by atoms with Gasteiger partial charge in [-0.2, -0.15) is 5.10 Å². The first kappa shape index (κ1) is 26.8. The average Bonchev–Trinajstić information content (AvgIpc) is 3.28. The van der Waals surface area contributed by atoms with Gasteiger partial charge in [0, 0.05) is 51.3 Å². The van der Waals surface area contributed by atoms with Gasteiger partial charge in [0.05, 0.1) is 17.5 Å². The van der Waals surface area contributed by atoms with E-state index in [2.05, 4.69) is 35.8 Å². The summed E-state index contributed by atoms with van der Waals surface area (Å²) in [7, 11) is 3.72. The Morgan fingerprint density at radius 3 is 2.54 bits per heavy atom. The third-order valence-electron chi connectivity index (χ3n) is 7.64. The molecule has 6 rings (SSSR count). The number of hydrogen-bond acceptors (Lipinski definition) is 9. The highest BCUT2D eigenvalue weighted by Crippen LogP contribution is 2.38. The van der Waals surface area contributed by atoms with Crippen LogP contribution in [0.1, 0.15) is 54.8 Å². The molecule has 5 heterocycles. The minimum Gasteiger partial charge on any atom is -0.370 e. The van der Waals surface area contributed by atoms with Crippen molar-refractivity contribution in [2.24, 2.45) is 14.1 Å². The molecule has 0 spiro atoms. The highest BCUT2D eigenvalue weighted by Gasteiger charge is 2.30. The van der Waals surface area contributed by atoms with Crippen molar-refractivity contribution in [2.75, 3.05) is 36.8 Å². The van der Waals surface area contributed by atoms with E-state index in [-0.39, 0.29) is 17.2 Å². The standard InChI is InChI=1S/C28H35N11O2/c1-4-29-22-13-19(25-20(16-31-37(25)3)27-35-30-17-36(27)2)14-23(33-22)34-28(41)21-15-24(40)39(26(32-21)18-7-8-18)12-11-38-9-5-6-10-38/h13-18H,4-12H2,1-3H3,(H2,29,33,34,41). The molecular formula is C28H35N11O2. The molecule has 2 aliphatic rings. The van der Waals surface area contributed by atoms with Crippen LogP contribution in [0.25, 0.3) is 22.6 Å². The zero-order chi connectivity index (χ0) is 28.5. The van der Waals surface area contributed by atoms with Crippen molar-refractivity contribution in [3.63, 3.8) is 0 Å². The van der Waals surface area contributed by atoms with Crippen molar-refractivity contribution >= 4 is 17.5 Å². The predicted molar refractivity (Wildman–Crippen MR) is 155 cm³/mol. The SMILES string of the molecule is CCNc1cc(-c2c(-c3nncn3C)cnn2C)cc(NC(=O)c2cc(=O)n(CCN3CCCC3)c(C3CC3)n2)n1. The maximum Gasteiger partial charge on any atom is 0.275 e. The summed E-state index contributed by atoms with van der Waals surface area (Å²) in [5.41, 5.74) is 2.30. The number of anilines is 2. The predicted octanol–water partition coefficient (Wildman–Crippen LogP) is 2.49. The molecule has 0 radical (unpaired) electrons. The van der Waals surface area contributed by atoms with E-state index in [9.17, 15) is 9.59 Å². The summed E-state index contributed by atoms with van der Waals surface area (Å²) in [4.78, 5) is 38.3. The molecule has 1 saturated heterocycles. The Hall–Kier alpha value is -4.39. The van der Waals surface area contributed by atoms with E-state index in [0.717, 1.165) is 49.3 Å². The Labute approximate surface area is 237 Å². The molecule has 2 N–H and O–H groups in total.